The Balaban J connectivity index is 1.02. The molecule has 324 valence electrons. The molecule has 0 saturated heterocycles. The average molecular weight is 883 g/mol. The largest absolute Gasteiger partial charge is 0.454 e. The molecule has 1 aromatic heterocycles. The van der Waals surface area contributed by atoms with Gasteiger partial charge in [-0.2, -0.15) is 0 Å². The highest BCUT2D eigenvalue weighted by Gasteiger charge is 2.46. The van der Waals surface area contributed by atoms with Crippen LogP contribution in [0.4, 0.5) is 34.1 Å². The Labute approximate surface area is 400 Å². The minimum absolute atomic E-state index is 0.585. The summed E-state index contributed by atoms with van der Waals surface area (Å²) >= 11 is 0. The number of fused-ring (bicyclic) bond motifs is 8. The van der Waals surface area contributed by atoms with Gasteiger partial charge < -0.3 is 19.0 Å². The number of anilines is 6. The lowest BCUT2D eigenvalue weighted by molar-refractivity contribution is 0.488. The van der Waals surface area contributed by atoms with Gasteiger partial charge in [0.05, 0.1) is 22.5 Å². The molecule has 0 bridgehead atoms. The van der Waals surface area contributed by atoms with Crippen LogP contribution in [0.3, 0.4) is 0 Å². The summed E-state index contributed by atoms with van der Waals surface area (Å²) in [6.07, 6.45) is 0. The van der Waals surface area contributed by atoms with Crippen molar-refractivity contribution >= 4 is 66.8 Å². The fourth-order valence-electron chi connectivity index (χ4n) is 11.4. The molecule has 12 aromatic rings. The van der Waals surface area contributed by atoms with Gasteiger partial charge in [-0.15, -0.1) is 0 Å². The first-order valence-electron chi connectivity index (χ1n) is 23.6. The van der Waals surface area contributed by atoms with E-state index in [0.717, 1.165) is 89.5 Å². The fourth-order valence-corrected chi connectivity index (χ4v) is 11.4. The van der Waals surface area contributed by atoms with Crippen molar-refractivity contribution in [1.82, 2.24) is 0 Å². The highest BCUT2D eigenvalue weighted by Crippen LogP contribution is 2.59. The zero-order valence-corrected chi connectivity index (χ0v) is 37.5. The summed E-state index contributed by atoms with van der Waals surface area (Å²) in [5.41, 5.74) is 16.6. The van der Waals surface area contributed by atoms with Crippen molar-refractivity contribution < 1.29 is 9.15 Å². The van der Waals surface area contributed by atoms with E-state index in [1.807, 2.05) is 6.07 Å². The summed E-state index contributed by atoms with van der Waals surface area (Å²) in [5, 5.41) is 4.30. The van der Waals surface area contributed by atoms with Crippen LogP contribution >= 0.6 is 0 Å². The van der Waals surface area contributed by atoms with Gasteiger partial charge in [0.2, 0.25) is 0 Å². The zero-order chi connectivity index (χ0) is 45.5. The molecule has 4 heteroatoms. The lowest BCUT2D eigenvalue weighted by Gasteiger charge is -2.35. The first kappa shape index (κ1) is 39.1. The Morgan fingerprint density at radius 3 is 1.67 bits per heavy atom. The molecule has 4 nitrogen and oxygen atoms in total. The average Bonchev–Trinajstić information content (AvgIpc) is 3.94. The highest BCUT2D eigenvalue weighted by molar-refractivity contribution is 6.12. The van der Waals surface area contributed by atoms with Crippen molar-refractivity contribution in [1.29, 1.82) is 0 Å². The van der Waals surface area contributed by atoms with E-state index in [2.05, 4.69) is 259 Å². The van der Waals surface area contributed by atoms with Crippen molar-refractivity contribution in [3.8, 4) is 33.8 Å². The van der Waals surface area contributed by atoms with Gasteiger partial charge in [0, 0.05) is 44.9 Å². The van der Waals surface area contributed by atoms with E-state index in [1.54, 1.807) is 0 Å². The minimum atomic E-state index is -0.585. The quantitative estimate of drug-likeness (QED) is 0.152. The van der Waals surface area contributed by atoms with Crippen LogP contribution in [-0.2, 0) is 5.41 Å². The van der Waals surface area contributed by atoms with Gasteiger partial charge >= 0.3 is 0 Å². The summed E-state index contributed by atoms with van der Waals surface area (Å²) in [5.74, 6) is 1.59. The summed E-state index contributed by atoms with van der Waals surface area (Å²) in [6.45, 7) is 0. The molecule has 1 aliphatic heterocycles. The smallest absolute Gasteiger partial charge is 0.159 e. The van der Waals surface area contributed by atoms with Gasteiger partial charge in [0.15, 0.2) is 11.3 Å². The molecular weight excluding hydrogens is 841 g/mol. The van der Waals surface area contributed by atoms with Gasteiger partial charge in [0.25, 0.3) is 0 Å². The van der Waals surface area contributed by atoms with E-state index >= 15 is 0 Å². The molecule has 0 radical (unpaired) electrons. The van der Waals surface area contributed by atoms with Crippen LogP contribution in [0.15, 0.2) is 259 Å². The minimum Gasteiger partial charge on any atom is -0.454 e. The van der Waals surface area contributed by atoms with Crippen molar-refractivity contribution in [3.63, 3.8) is 0 Å². The van der Waals surface area contributed by atoms with Gasteiger partial charge in [-0.1, -0.05) is 188 Å². The van der Waals surface area contributed by atoms with Crippen molar-refractivity contribution in [2.24, 2.45) is 0 Å². The maximum absolute atomic E-state index is 7.38. The summed E-state index contributed by atoms with van der Waals surface area (Å²) in [6, 6.07) is 91.5. The van der Waals surface area contributed by atoms with Crippen molar-refractivity contribution in [2.45, 2.75) is 5.41 Å². The molecule has 0 saturated carbocycles. The molecule has 69 heavy (non-hydrogen) atoms. The predicted molar refractivity (Wildman–Crippen MR) is 283 cm³/mol. The number of benzene rings is 11. The predicted octanol–water partition coefficient (Wildman–Crippen LogP) is 17.8. The third-order valence-electron chi connectivity index (χ3n) is 14.3. The molecule has 1 aliphatic carbocycles. The Bertz CT molecular complexity index is 3860. The van der Waals surface area contributed by atoms with Crippen LogP contribution in [0.5, 0.6) is 11.5 Å². The fraction of sp³-hybridized carbons (Fsp3) is 0.0154. The lowest BCUT2D eigenvalue weighted by Crippen LogP contribution is -2.28. The van der Waals surface area contributed by atoms with E-state index < -0.39 is 5.41 Å². The van der Waals surface area contributed by atoms with E-state index in [9.17, 15) is 0 Å². The Morgan fingerprint density at radius 1 is 0.348 bits per heavy atom. The summed E-state index contributed by atoms with van der Waals surface area (Å²) < 4.78 is 14.3. The van der Waals surface area contributed by atoms with Crippen LogP contribution in [-0.4, -0.2) is 0 Å². The first-order valence-corrected chi connectivity index (χ1v) is 23.6. The van der Waals surface area contributed by atoms with Crippen molar-refractivity contribution in [3.05, 3.63) is 277 Å². The number of hydrogen-bond acceptors (Lipinski definition) is 4. The summed E-state index contributed by atoms with van der Waals surface area (Å²) in [7, 11) is 0. The second-order valence-corrected chi connectivity index (χ2v) is 18.0. The second-order valence-electron chi connectivity index (χ2n) is 18.0. The number of hydrogen-bond donors (Lipinski definition) is 0. The van der Waals surface area contributed by atoms with Crippen LogP contribution in [0.1, 0.15) is 22.3 Å². The van der Waals surface area contributed by atoms with Crippen LogP contribution < -0.4 is 14.5 Å². The molecule has 14 rings (SSSR count). The number of furan rings is 1. The Hall–Kier alpha value is -9.12. The molecule has 0 N–H and O–H groups in total. The molecule has 2 heterocycles. The zero-order valence-electron chi connectivity index (χ0n) is 37.5. The second kappa shape index (κ2) is 15.5. The molecule has 0 spiro atoms. The van der Waals surface area contributed by atoms with Crippen molar-refractivity contribution in [2.75, 3.05) is 9.80 Å². The van der Waals surface area contributed by atoms with Gasteiger partial charge in [-0.05, 0) is 105 Å². The van der Waals surface area contributed by atoms with E-state index in [4.69, 9.17) is 9.15 Å². The van der Waals surface area contributed by atoms with Gasteiger partial charge in [-0.25, -0.2) is 0 Å². The number of nitrogens with zero attached hydrogens (tertiary/aromatic N) is 2. The maximum atomic E-state index is 7.38. The third-order valence-corrected chi connectivity index (χ3v) is 14.3. The lowest BCUT2D eigenvalue weighted by atomic mass is 9.67. The third kappa shape index (κ3) is 5.89. The van der Waals surface area contributed by atoms with Gasteiger partial charge in [0.1, 0.15) is 11.3 Å². The molecule has 0 fully saturated rings. The molecule has 2 aliphatic rings. The number of ether oxygens (including phenoxy) is 1. The first-order chi connectivity index (χ1) is 34.2. The topological polar surface area (TPSA) is 28.9 Å². The maximum Gasteiger partial charge on any atom is 0.159 e. The standard InChI is InChI=1S/C65H42N2O2/c1-5-21-44(22-6-1)65(45-23-7-2-8-24-45)56-34-15-13-29-50(56)51-39-38-48(41-57(51)65)67(59-36-18-32-54-52-30-14-16-37-60(52)68-63(54)59)49-40-43-20-17-31-53-55-33-19-35-58(64(55)69-61(42-49)62(43)53)66(46-25-9-3-10-26-46)47-27-11-4-12-28-47/h1-42H. The molecule has 11 aromatic carbocycles. The normalized spacial score (nSPS) is 12.9. The molecular formula is C65H42N2O2. The SMILES string of the molecule is c1ccc(N(c2ccccc2)c2cccc3c2Oc2cc(N(c4ccc5c(c4)C(c4ccccc4)(c4ccccc4)c4ccccc4-5)c4cccc5c4oc4ccccc45)cc4cccc-3c24)cc1. The summed E-state index contributed by atoms with van der Waals surface area (Å²) in [4.78, 5) is 4.67. The monoisotopic (exact) mass is 882 g/mol. The van der Waals surface area contributed by atoms with Gasteiger partial charge in [-0.3, -0.25) is 0 Å². The number of para-hydroxylation sites is 5. The Morgan fingerprint density at radius 2 is 0.913 bits per heavy atom. The Kier molecular flexibility index (Phi) is 8.77. The number of rotatable bonds is 8. The molecule has 0 unspecified atom stereocenters. The molecule has 0 amide bonds. The molecule has 0 atom stereocenters. The van der Waals surface area contributed by atoms with Crippen LogP contribution in [0, 0.1) is 0 Å². The highest BCUT2D eigenvalue weighted by atomic mass is 16.5. The van der Waals surface area contributed by atoms with E-state index in [0.29, 0.717) is 0 Å². The van der Waals surface area contributed by atoms with E-state index in [1.165, 1.54) is 33.4 Å². The van der Waals surface area contributed by atoms with Crippen LogP contribution in [0.2, 0.25) is 0 Å². The van der Waals surface area contributed by atoms with E-state index in [-0.39, 0.29) is 0 Å². The van der Waals surface area contributed by atoms with Crippen LogP contribution in [0.25, 0.3) is 55.0 Å².